The summed E-state index contributed by atoms with van der Waals surface area (Å²) in [7, 11) is 0. The molecular formula is C14H15FN2O2. The average molecular weight is 262 g/mol. The third-order valence-electron chi connectivity index (χ3n) is 2.66. The summed E-state index contributed by atoms with van der Waals surface area (Å²) >= 11 is 0. The second-order valence-corrected chi connectivity index (χ2v) is 4.27. The topological polar surface area (TPSA) is 54.1 Å². The van der Waals surface area contributed by atoms with E-state index in [-0.39, 0.29) is 5.82 Å². The molecule has 2 aromatic rings. The lowest BCUT2D eigenvalue weighted by atomic mass is 10.1. The van der Waals surface area contributed by atoms with Crippen molar-refractivity contribution in [3.05, 3.63) is 48.1 Å². The summed E-state index contributed by atoms with van der Waals surface area (Å²) in [4.78, 5) is 14.3. The van der Waals surface area contributed by atoms with Gasteiger partial charge in [0.2, 0.25) is 0 Å². The van der Waals surface area contributed by atoms with Gasteiger partial charge in [-0.3, -0.25) is 0 Å². The number of halogens is 1. The van der Waals surface area contributed by atoms with E-state index in [2.05, 4.69) is 16.9 Å². The van der Waals surface area contributed by atoms with E-state index >= 15 is 0 Å². The van der Waals surface area contributed by atoms with Crippen LogP contribution in [-0.4, -0.2) is 17.6 Å². The number of benzene rings is 1. The summed E-state index contributed by atoms with van der Waals surface area (Å²) in [5.74, 6) is 0.0645. The number of hydrogen-bond donors (Lipinski definition) is 2. The van der Waals surface area contributed by atoms with E-state index in [1.54, 1.807) is 13.0 Å². The maximum Gasteiger partial charge on any atom is 0.412 e. The highest BCUT2D eigenvalue weighted by Crippen LogP contribution is 2.19. The number of carbonyl (C=O) groups excluding carboxylic acids is 1. The molecule has 0 radical (unpaired) electrons. The Morgan fingerprint density at radius 3 is 3.05 bits per heavy atom. The molecule has 0 fully saturated rings. The van der Waals surface area contributed by atoms with Crippen LogP contribution in [0.15, 0.2) is 36.7 Å². The van der Waals surface area contributed by atoms with Crippen LogP contribution in [0.5, 0.6) is 0 Å². The standard InChI is InChI=1S/C14H15FN2O2/c1-9(2)19-14(18)16-6-5-10-8-17-13-4-3-11(15)7-12(10)13/h3-4,7-8,17H,1,5-6H2,2H3,(H,16,18). The lowest BCUT2D eigenvalue weighted by molar-refractivity contribution is 0.177. The Bertz CT molecular complexity index is 619. The molecule has 1 amide bonds. The fourth-order valence-electron chi connectivity index (χ4n) is 1.85. The number of amides is 1. The fourth-order valence-corrected chi connectivity index (χ4v) is 1.85. The summed E-state index contributed by atoms with van der Waals surface area (Å²) in [6.45, 7) is 5.49. The summed E-state index contributed by atoms with van der Waals surface area (Å²) in [5, 5.41) is 3.43. The predicted octanol–water partition coefficient (Wildman–Crippen LogP) is 3.11. The second kappa shape index (κ2) is 5.56. The van der Waals surface area contributed by atoms with Crippen molar-refractivity contribution >= 4 is 17.0 Å². The van der Waals surface area contributed by atoms with Crippen LogP contribution in [0.3, 0.4) is 0 Å². The molecule has 0 spiro atoms. The number of aromatic amines is 1. The molecule has 1 aromatic heterocycles. The van der Waals surface area contributed by atoms with Gasteiger partial charge in [-0.05, 0) is 37.1 Å². The van der Waals surface area contributed by atoms with E-state index < -0.39 is 6.09 Å². The first-order chi connectivity index (χ1) is 9.06. The van der Waals surface area contributed by atoms with Crippen LogP contribution in [0.2, 0.25) is 0 Å². The highest BCUT2D eigenvalue weighted by atomic mass is 19.1. The minimum absolute atomic E-state index is 0.275. The molecule has 19 heavy (non-hydrogen) atoms. The van der Waals surface area contributed by atoms with Crippen LogP contribution < -0.4 is 5.32 Å². The third-order valence-corrected chi connectivity index (χ3v) is 2.66. The third kappa shape index (κ3) is 3.34. The van der Waals surface area contributed by atoms with E-state index in [4.69, 9.17) is 4.74 Å². The van der Waals surface area contributed by atoms with Gasteiger partial charge in [0.1, 0.15) is 5.82 Å². The smallest absolute Gasteiger partial charge is 0.412 e. The van der Waals surface area contributed by atoms with E-state index in [1.165, 1.54) is 12.1 Å². The van der Waals surface area contributed by atoms with Crippen molar-refractivity contribution in [1.82, 2.24) is 10.3 Å². The number of fused-ring (bicyclic) bond motifs is 1. The van der Waals surface area contributed by atoms with Crippen molar-refractivity contribution in [2.75, 3.05) is 6.54 Å². The molecule has 1 aromatic carbocycles. The van der Waals surface area contributed by atoms with Gasteiger partial charge in [0, 0.05) is 23.6 Å². The summed E-state index contributed by atoms with van der Waals surface area (Å²) in [6, 6.07) is 4.58. The second-order valence-electron chi connectivity index (χ2n) is 4.27. The Morgan fingerprint density at radius 1 is 1.53 bits per heavy atom. The van der Waals surface area contributed by atoms with Gasteiger partial charge in [-0.1, -0.05) is 6.58 Å². The van der Waals surface area contributed by atoms with Gasteiger partial charge in [-0.25, -0.2) is 9.18 Å². The van der Waals surface area contributed by atoms with Gasteiger partial charge in [0.15, 0.2) is 0 Å². The first kappa shape index (κ1) is 13.1. The molecule has 0 atom stereocenters. The van der Waals surface area contributed by atoms with Crippen molar-refractivity contribution in [3.63, 3.8) is 0 Å². The van der Waals surface area contributed by atoms with Crippen LogP contribution in [0, 0.1) is 5.82 Å². The number of allylic oxidation sites excluding steroid dienone is 1. The maximum atomic E-state index is 13.2. The number of ether oxygens (including phenoxy) is 1. The minimum atomic E-state index is -0.529. The quantitative estimate of drug-likeness (QED) is 0.832. The first-order valence-corrected chi connectivity index (χ1v) is 5.93. The van der Waals surface area contributed by atoms with Crippen LogP contribution in [-0.2, 0) is 11.2 Å². The first-order valence-electron chi connectivity index (χ1n) is 5.93. The Kier molecular flexibility index (Phi) is 3.85. The molecule has 0 aliphatic rings. The van der Waals surface area contributed by atoms with Gasteiger partial charge < -0.3 is 15.0 Å². The van der Waals surface area contributed by atoms with Gasteiger partial charge in [0.25, 0.3) is 0 Å². The minimum Gasteiger partial charge on any atom is -0.416 e. The highest BCUT2D eigenvalue weighted by molar-refractivity contribution is 5.83. The molecule has 2 rings (SSSR count). The molecule has 4 nitrogen and oxygen atoms in total. The molecule has 0 aliphatic heterocycles. The van der Waals surface area contributed by atoms with Crippen molar-refractivity contribution in [3.8, 4) is 0 Å². The molecule has 0 aliphatic carbocycles. The maximum absolute atomic E-state index is 13.2. The summed E-state index contributed by atoms with van der Waals surface area (Å²) < 4.78 is 17.9. The zero-order valence-electron chi connectivity index (χ0n) is 10.6. The highest BCUT2D eigenvalue weighted by Gasteiger charge is 2.06. The Balaban J connectivity index is 1.96. The van der Waals surface area contributed by atoms with E-state index in [9.17, 15) is 9.18 Å². The SMILES string of the molecule is C=C(C)OC(=O)NCCc1c[nH]c2ccc(F)cc12. The lowest BCUT2D eigenvalue weighted by Crippen LogP contribution is -2.25. The van der Waals surface area contributed by atoms with E-state index in [0.29, 0.717) is 18.7 Å². The fraction of sp³-hybridized carbons (Fsp3) is 0.214. The number of nitrogens with one attached hydrogen (secondary N) is 2. The number of carbonyl (C=O) groups is 1. The molecule has 100 valence electrons. The molecule has 1 heterocycles. The van der Waals surface area contributed by atoms with Crippen LogP contribution in [0.1, 0.15) is 12.5 Å². The Labute approximate surface area is 110 Å². The van der Waals surface area contributed by atoms with Gasteiger partial charge in [-0.15, -0.1) is 0 Å². The molecule has 5 heteroatoms. The molecule has 0 bridgehead atoms. The number of rotatable bonds is 4. The van der Waals surface area contributed by atoms with Gasteiger partial charge in [0.05, 0.1) is 5.76 Å². The Hall–Kier alpha value is -2.30. The average Bonchev–Trinajstić information content (AvgIpc) is 2.71. The number of H-pyrrole nitrogens is 1. The Morgan fingerprint density at radius 2 is 2.32 bits per heavy atom. The lowest BCUT2D eigenvalue weighted by Gasteiger charge is -2.05. The normalized spacial score (nSPS) is 10.4. The number of alkyl carbamates (subject to hydrolysis) is 1. The molecule has 0 saturated carbocycles. The van der Waals surface area contributed by atoms with Crippen LogP contribution in [0.4, 0.5) is 9.18 Å². The molecule has 2 N–H and O–H groups in total. The van der Waals surface area contributed by atoms with Crippen molar-refractivity contribution < 1.29 is 13.9 Å². The van der Waals surface area contributed by atoms with Crippen molar-refractivity contribution in [2.45, 2.75) is 13.3 Å². The van der Waals surface area contributed by atoms with Crippen molar-refractivity contribution in [2.24, 2.45) is 0 Å². The van der Waals surface area contributed by atoms with Gasteiger partial charge >= 0.3 is 6.09 Å². The zero-order chi connectivity index (χ0) is 13.8. The zero-order valence-corrected chi connectivity index (χ0v) is 10.6. The van der Waals surface area contributed by atoms with Gasteiger partial charge in [-0.2, -0.15) is 0 Å². The summed E-state index contributed by atoms with van der Waals surface area (Å²) in [6.07, 6.45) is 1.88. The number of aromatic nitrogens is 1. The van der Waals surface area contributed by atoms with E-state index in [0.717, 1.165) is 16.5 Å². The largest absolute Gasteiger partial charge is 0.416 e. The monoisotopic (exact) mass is 262 g/mol. The predicted molar refractivity (Wildman–Crippen MR) is 71.3 cm³/mol. The number of hydrogen-bond acceptors (Lipinski definition) is 2. The van der Waals surface area contributed by atoms with Crippen LogP contribution >= 0.6 is 0 Å². The van der Waals surface area contributed by atoms with Crippen LogP contribution in [0.25, 0.3) is 10.9 Å². The molecule has 0 saturated heterocycles. The van der Waals surface area contributed by atoms with E-state index in [1.807, 2.05) is 6.20 Å². The summed E-state index contributed by atoms with van der Waals surface area (Å²) in [5.41, 5.74) is 1.83. The van der Waals surface area contributed by atoms with Crippen molar-refractivity contribution in [1.29, 1.82) is 0 Å². The molecule has 0 unspecified atom stereocenters. The molecular weight excluding hydrogens is 247 g/mol.